The Kier molecular flexibility index (Phi) is 5.13. The van der Waals surface area contributed by atoms with Crippen LogP contribution in [0.4, 0.5) is 0 Å². The van der Waals surface area contributed by atoms with E-state index in [4.69, 9.17) is 23.7 Å². The van der Waals surface area contributed by atoms with Gasteiger partial charge < -0.3 is 23.7 Å². The van der Waals surface area contributed by atoms with Gasteiger partial charge in [-0.3, -0.25) is 9.59 Å². The summed E-state index contributed by atoms with van der Waals surface area (Å²) in [6.07, 6.45) is 0.192. The second kappa shape index (κ2) is 7.71. The van der Waals surface area contributed by atoms with Crippen LogP contribution in [-0.2, 0) is 14.2 Å². The molecule has 0 N–H and O–H groups in total. The van der Waals surface area contributed by atoms with Gasteiger partial charge in [-0.05, 0) is 24.6 Å². The van der Waals surface area contributed by atoms with Crippen LogP contribution in [0.3, 0.4) is 0 Å². The van der Waals surface area contributed by atoms with Crippen molar-refractivity contribution in [2.45, 2.75) is 12.7 Å². The van der Waals surface area contributed by atoms with Crippen molar-refractivity contribution in [3.8, 4) is 11.5 Å². The monoisotopic (exact) mass is 384 g/mol. The number of ether oxygens (including phenoxy) is 5. The van der Waals surface area contributed by atoms with Gasteiger partial charge in [0.25, 0.3) is 0 Å². The molecule has 7 heteroatoms. The smallest absolute Gasteiger partial charge is 0.201 e. The molecule has 1 saturated heterocycles. The van der Waals surface area contributed by atoms with Crippen LogP contribution in [0.2, 0.25) is 0 Å². The zero-order chi connectivity index (χ0) is 19.7. The van der Waals surface area contributed by atoms with Crippen LogP contribution >= 0.6 is 0 Å². The highest BCUT2D eigenvalue weighted by molar-refractivity contribution is 6.30. The lowest BCUT2D eigenvalue weighted by Gasteiger charge is -2.27. The van der Waals surface area contributed by atoms with Gasteiger partial charge >= 0.3 is 0 Å². The van der Waals surface area contributed by atoms with Gasteiger partial charge in [0.2, 0.25) is 5.78 Å². The molecule has 0 amide bonds. The minimum atomic E-state index is -0.612. The topological polar surface area (TPSA) is 80.3 Å². The quantitative estimate of drug-likeness (QED) is 0.626. The van der Waals surface area contributed by atoms with E-state index in [9.17, 15) is 9.59 Å². The Bertz CT molecular complexity index is 929. The molecule has 2 aliphatic rings. The van der Waals surface area contributed by atoms with E-state index in [1.807, 2.05) is 0 Å². The van der Waals surface area contributed by atoms with Crippen molar-refractivity contribution < 1.29 is 33.3 Å². The van der Waals surface area contributed by atoms with Crippen molar-refractivity contribution in [1.82, 2.24) is 0 Å². The van der Waals surface area contributed by atoms with E-state index < -0.39 is 6.29 Å². The number of methoxy groups -OCH3 is 2. The van der Waals surface area contributed by atoms with Gasteiger partial charge in [-0.15, -0.1) is 0 Å². The van der Waals surface area contributed by atoms with Crippen molar-refractivity contribution in [2.75, 3.05) is 34.2 Å². The first-order chi connectivity index (χ1) is 13.7. The SMILES string of the molecule is COCOc1cc(C2OCCCO2)cc2c1C(=O)c1c(OC)cccc1C2=O. The molecule has 1 fully saturated rings. The van der Waals surface area contributed by atoms with Gasteiger partial charge in [0.1, 0.15) is 11.5 Å². The number of carbonyl (C=O) groups is 2. The molecular weight excluding hydrogens is 364 g/mol. The molecular formula is C21H20O7. The number of ketones is 2. The fraction of sp³-hybridized carbons (Fsp3) is 0.333. The molecule has 0 bridgehead atoms. The highest BCUT2D eigenvalue weighted by Gasteiger charge is 2.36. The van der Waals surface area contributed by atoms with Crippen LogP contribution in [0.1, 0.15) is 50.1 Å². The Balaban J connectivity index is 1.88. The normalized spacial score (nSPS) is 16.5. The second-order valence-corrected chi connectivity index (χ2v) is 6.46. The average molecular weight is 384 g/mol. The summed E-state index contributed by atoms with van der Waals surface area (Å²) in [6, 6.07) is 8.28. The van der Waals surface area contributed by atoms with Crippen LogP contribution in [0.15, 0.2) is 30.3 Å². The molecule has 28 heavy (non-hydrogen) atoms. The molecule has 2 aromatic carbocycles. The molecule has 0 spiro atoms. The van der Waals surface area contributed by atoms with Crippen molar-refractivity contribution in [3.63, 3.8) is 0 Å². The summed E-state index contributed by atoms with van der Waals surface area (Å²) in [5, 5.41) is 0. The van der Waals surface area contributed by atoms with Gasteiger partial charge in [0.15, 0.2) is 18.9 Å². The molecule has 2 aromatic rings. The average Bonchev–Trinajstić information content (AvgIpc) is 2.75. The summed E-state index contributed by atoms with van der Waals surface area (Å²) in [6.45, 7) is 1.05. The molecule has 0 radical (unpaired) electrons. The Morgan fingerprint density at radius 1 is 0.964 bits per heavy atom. The number of carbonyl (C=O) groups excluding carboxylic acids is 2. The molecule has 0 aromatic heterocycles. The molecule has 146 valence electrons. The van der Waals surface area contributed by atoms with Gasteiger partial charge in [0.05, 0.1) is 31.5 Å². The second-order valence-electron chi connectivity index (χ2n) is 6.46. The maximum Gasteiger partial charge on any atom is 0.201 e. The molecule has 1 aliphatic heterocycles. The Morgan fingerprint density at radius 2 is 1.71 bits per heavy atom. The molecule has 7 nitrogen and oxygen atoms in total. The van der Waals surface area contributed by atoms with Crippen LogP contribution < -0.4 is 9.47 Å². The zero-order valence-electron chi connectivity index (χ0n) is 15.7. The Morgan fingerprint density at radius 3 is 2.43 bits per heavy atom. The Hall–Kier alpha value is -2.74. The van der Waals surface area contributed by atoms with E-state index >= 15 is 0 Å². The van der Waals surface area contributed by atoms with E-state index in [0.29, 0.717) is 30.1 Å². The van der Waals surface area contributed by atoms with Crippen molar-refractivity contribution in [3.05, 3.63) is 58.1 Å². The third-order valence-electron chi connectivity index (χ3n) is 4.75. The van der Waals surface area contributed by atoms with Crippen LogP contribution in [0.25, 0.3) is 0 Å². The minimum Gasteiger partial charge on any atom is -0.496 e. The maximum absolute atomic E-state index is 13.3. The summed E-state index contributed by atoms with van der Waals surface area (Å²) < 4.78 is 27.3. The number of benzene rings is 2. The first-order valence-electron chi connectivity index (χ1n) is 8.95. The minimum absolute atomic E-state index is 0.0669. The van der Waals surface area contributed by atoms with Crippen LogP contribution in [0, 0.1) is 0 Å². The van der Waals surface area contributed by atoms with Crippen molar-refractivity contribution in [2.24, 2.45) is 0 Å². The summed E-state index contributed by atoms with van der Waals surface area (Å²) in [4.78, 5) is 26.5. The number of hydrogen-bond donors (Lipinski definition) is 0. The third-order valence-corrected chi connectivity index (χ3v) is 4.75. The lowest BCUT2D eigenvalue weighted by atomic mass is 9.82. The summed E-state index contributed by atoms with van der Waals surface area (Å²) >= 11 is 0. The molecule has 1 heterocycles. The van der Waals surface area contributed by atoms with E-state index in [1.54, 1.807) is 30.3 Å². The number of hydrogen-bond acceptors (Lipinski definition) is 7. The molecule has 0 atom stereocenters. The zero-order valence-corrected chi connectivity index (χ0v) is 15.7. The number of fused-ring (bicyclic) bond motifs is 2. The van der Waals surface area contributed by atoms with Gasteiger partial charge in [-0.2, -0.15) is 0 Å². The van der Waals surface area contributed by atoms with Crippen molar-refractivity contribution >= 4 is 11.6 Å². The summed E-state index contributed by atoms with van der Waals surface area (Å²) in [5.74, 6) is -0.00199. The largest absolute Gasteiger partial charge is 0.496 e. The number of rotatable bonds is 5. The fourth-order valence-electron chi connectivity index (χ4n) is 3.50. The highest BCUT2D eigenvalue weighted by Crippen LogP contribution is 2.39. The maximum atomic E-state index is 13.3. The first kappa shape index (κ1) is 18.6. The predicted molar refractivity (Wildman–Crippen MR) is 98.1 cm³/mol. The Labute approximate surface area is 162 Å². The standard InChI is InChI=1S/C21H20O7/c1-24-11-28-16-10-12(21-26-7-4-8-27-21)9-14-18(16)20(23)17-13(19(14)22)5-3-6-15(17)25-2/h3,5-6,9-10,21H,4,7-8,11H2,1-2H3. The first-order valence-corrected chi connectivity index (χ1v) is 8.95. The lowest BCUT2D eigenvalue weighted by molar-refractivity contribution is -0.183. The molecule has 1 aliphatic carbocycles. The highest BCUT2D eigenvalue weighted by atomic mass is 16.7. The van der Waals surface area contributed by atoms with Crippen LogP contribution in [0.5, 0.6) is 11.5 Å². The van der Waals surface area contributed by atoms with E-state index in [2.05, 4.69) is 0 Å². The third kappa shape index (κ3) is 3.07. The van der Waals surface area contributed by atoms with Gasteiger partial charge in [-0.1, -0.05) is 12.1 Å². The van der Waals surface area contributed by atoms with Gasteiger partial charge in [0, 0.05) is 23.8 Å². The van der Waals surface area contributed by atoms with E-state index in [0.717, 1.165) is 6.42 Å². The molecule has 4 rings (SSSR count). The van der Waals surface area contributed by atoms with E-state index in [1.165, 1.54) is 14.2 Å². The van der Waals surface area contributed by atoms with Crippen LogP contribution in [-0.4, -0.2) is 45.8 Å². The van der Waals surface area contributed by atoms with Gasteiger partial charge in [-0.25, -0.2) is 0 Å². The van der Waals surface area contributed by atoms with E-state index in [-0.39, 0.29) is 40.8 Å². The fourth-order valence-corrected chi connectivity index (χ4v) is 3.50. The lowest BCUT2D eigenvalue weighted by Crippen LogP contribution is -2.24. The predicted octanol–water partition coefficient (Wildman–Crippen LogP) is 2.89. The molecule has 0 saturated carbocycles. The molecule has 0 unspecified atom stereocenters. The summed E-state index contributed by atoms with van der Waals surface area (Å²) in [7, 11) is 2.95. The van der Waals surface area contributed by atoms with Crippen molar-refractivity contribution in [1.29, 1.82) is 0 Å². The summed E-state index contributed by atoms with van der Waals surface area (Å²) in [5.41, 5.74) is 1.61.